The average molecular weight is 308 g/mol. The lowest BCUT2D eigenvalue weighted by Crippen LogP contribution is -2.32. The number of amides is 1. The van der Waals surface area contributed by atoms with Crippen LogP contribution < -0.4 is 0 Å². The van der Waals surface area contributed by atoms with E-state index in [4.69, 9.17) is 4.74 Å². The second kappa shape index (κ2) is 6.03. The van der Waals surface area contributed by atoms with Crippen molar-refractivity contribution in [3.8, 4) is 9.88 Å². The molecule has 3 heterocycles. The number of rotatable bonds is 4. The molecule has 6 heteroatoms. The minimum absolute atomic E-state index is 0.0235. The summed E-state index contributed by atoms with van der Waals surface area (Å²) in [5.41, 5.74) is 0.952. The van der Waals surface area contributed by atoms with Gasteiger partial charge in [0.25, 0.3) is 0 Å². The van der Waals surface area contributed by atoms with Gasteiger partial charge in [0.2, 0.25) is 5.91 Å². The minimum atomic E-state index is 0.0235. The summed E-state index contributed by atoms with van der Waals surface area (Å²) >= 11 is 3.32. The molecule has 1 fully saturated rings. The first-order valence-electron chi connectivity index (χ1n) is 6.55. The molecule has 0 radical (unpaired) electrons. The van der Waals surface area contributed by atoms with Crippen LogP contribution in [0.15, 0.2) is 22.9 Å². The Morgan fingerprint density at radius 2 is 2.45 bits per heavy atom. The Balaban J connectivity index is 1.64. The molecule has 3 rings (SSSR count). The summed E-state index contributed by atoms with van der Waals surface area (Å²) in [6.45, 7) is 1.82. The maximum atomic E-state index is 12.2. The highest BCUT2D eigenvalue weighted by Gasteiger charge is 2.26. The Morgan fingerprint density at radius 1 is 1.55 bits per heavy atom. The average Bonchev–Trinajstić information content (AvgIpc) is 3.19. The van der Waals surface area contributed by atoms with Gasteiger partial charge in [0.15, 0.2) is 0 Å². The molecule has 1 aliphatic rings. The number of hydrogen-bond acceptors (Lipinski definition) is 5. The Hall–Kier alpha value is -1.24. The van der Waals surface area contributed by atoms with Gasteiger partial charge in [-0.25, -0.2) is 4.98 Å². The van der Waals surface area contributed by atoms with Gasteiger partial charge in [-0.2, -0.15) is 0 Å². The lowest BCUT2D eigenvalue weighted by molar-refractivity contribution is -0.134. The molecule has 0 N–H and O–H groups in total. The number of aromatic nitrogens is 1. The van der Waals surface area contributed by atoms with Crippen LogP contribution in [0.4, 0.5) is 0 Å². The third-order valence-electron chi connectivity index (χ3n) is 3.34. The SMILES string of the molecule is CN(Cc1csc(-c2cccs2)n1)C(=O)C1CCOC1. The fraction of sp³-hybridized carbons (Fsp3) is 0.429. The summed E-state index contributed by atoms with van der Waals surface area (Å²) in [6.07, 6.45) is 0.834. The number of hydrogen-bond donors (Lipinski definition) is 0. The van der Waals surface area contributed by atoms with E-state index in [-0.39, 0.29) is 11.8 Å². The second-order valence-corrected chi connectivity index (χ2v) is 6.68. The summed E-state index contributed by atoms with van der Waals surface area (Å²) in [7, 11) is 1.84. The van der Waals surface area contributed by atoms with Crippen molar-refractivity contribution in [2.24, 2.45) is 5.92 Å². The summed E-state index contributed by atoms with van der Waals surface area (Å²) in [5.74, 6) is 0.184. The topological polar surface area (TPSA) is 42.4 Å². The van der Waals surface area contributed by atoms with Crippen molar-refractivity contribution in [2.75, 3.05) is 20.3 Å². The van der Waals surface area contributed by atoms with E-state index in [9.17, 15) is 4.79 Å². The molecule has 2 aromatic heterocycles. The fourth-order valence-corrected chi connectivity index (χ4v) is 3.88. The minimum Gasteiger partial charge on any atom is -0.381 e. The standard InChI is InChI=1S/C14H16N2O2S2/c1-16(14(17)10-4-5-18-8-10)7-11-9-20-13(15-11)12-3-2-6-19-12/h2-3,6,9-10H,4-5,7-8H2,1H3. The largest absolute Gasteiger partial charge is 0.381 e. The number of nitrogens with zero attached hydrogens (tertiary/aromatic N) is 2. The van der Waals surface area contributed by atoms with Crippen LogP contribution in [-0.2, 0) is 16.1 Å². The lowest BCUT2D eigenvalue weighted by Gasteiger charge is -2.19. The molecule has 0 bridgehead atoms. The monoisotopic (exact) mass is 308 g/mol. The van der Waals surface area contributed by atoms with E-state index in [0.29, 0.717) is 19.8 Å². The highest BCUT2D eigenvalue weighted by molar-refractivity contribution is 7.20. The molecular weight excluding hydrogens is 292 g/mol. The Morgan fingerprint density at radius 3 is 3.15 bits per heavy atom. The number of carbonyl (C=O) groups excluding carboxylic acids is 1. The van der Waals surface area contributed by atoms with Gasteiger partial charge in [0.05, 0.1) is 29.6 Å². The lowest BCUT2D eigenvalue weighted by atomic mass is 10.1. The van der Waals surface area contributed by atoms with Crippen LogP contribution in [-0.4, -0.2) is 36.1 Å². The van der Waals surface area contributed by atoms with E-state index in [1.165, 1.54) is 4.88 Å². The van der Waals surface area contributed by atoms with Gasteiger partial charge in [-0.05, 0) is 17.9 Å². The smallest absolute Gasteiger partial charge is 0.228 e. The first-order chi connectivity index (χ1) is 9.74. The normalized spacial score (nSPS) is 18.4. The van der Waals surface area contributed by atoms with Gasteiger partial charge in [-0.15, -0.1) is 22.7 Å². The Labute approximate surface area is 126 Å². The molecule has 0 aliphatic carbocycles. The zero-order valence-electron chi connectivity index (χ0n) is 11.2. The molecule has 2 aromatic rings. The summed E-state index contributed by atoms with van der Waals surface area (Å²) < 4.78 is 5.27. The first-order valence-corrected chi connectivity index (χ1v) is 8.31. The molecule has 4 nitrogen and oxygen atoms in total. The van der Waals surface area contributed by atoms with Crippen LogP contribution in [0, 0.1) is 5.92 Å². The number of carbonyl (C=O) groups is 1. The maximum absolute atomic E-state index is 12.2. The van der Waals surface area contributed by atoms with E-state index < -0.39 is 0 Å². The third-order valence-corrected chi connectivity index (χ3v) is 5.27. The zero-order chi connectivity index (χ0) is 13.9. The van der Waals surface area contributed by atoms with Crippen molar-refractivity contribution in [2.45, 2.75) is 13.0 Å². The second-order valence-electron chi connectivity index (χ2n) is 4.88. The van der Waals surface area contributed by atoms with Crippen LogP contribution in [0.5, 0.6) is 0 Å². The molecule has 0 saturated carbocycles. The van der Waals surface area contributed by atoms with Gasteiger partial charge in [-0.3, -0.25) is 4.79 Å². The van der Waals surface area contributed by atoms with Crippen LogP contribution in [0.1, 0.15) is 12.1 Å². The van der Waals surface area contributed by atoms with Crippen molar-refractivity contribution < 1.29 is 9.53 Å². The highest BCUT2D eigenvalue weighted by Crippen LogP contribution is 2.28. The van der Waals surface area contributed by atoms with Crippen molar-refractivity contribution in [1.29, 1.82) is 0 Å². The van der Waals surface area contributed by atoms with Crippen molar-refractivity contribution in [3.63, 3.8) is 0 Å². The molecule has 1 saturated heterocycles. The summed E-state index contributed by atoms with van der Waals surface area (Å²) in [6, 6.07) is 4.09. The molecule has 1 amide bonds. The van der Waals surface area contributed by atoms with Crippen LogP contribution >= 0.6 is 22.7 Å². The van der Waals surface area contributed by atoms with E-state index in [1.54, 1.807) is 27.6 Å². The van der Waals surface area contributed by atoms with Gasteiger partial charge < -0.3 is 9.64 Å². The van der Waals surface area contributed by atoms with Crippen LogP contribution in [0.3, 0.4) is 0 Å². The maximum Gasteiger partial charge on any atom is 0.228 e. The summed E-state index contributed by atoms with van der Waals surface area (Å²) in [5, 5.41) is 5.11. The predicted molar refractivity (Wildman–Crippen MR) is 80.8 cm³/mol. The predicted octanol–water partition coefficient (Wildman–Crippen LogP) is 2.87. The number of ether oxygens (including phenoxy) is 1. The van der Waals surface area contributed by atoms with Gasteiger partial charge >= 0.3 is 0 Å². The number of thiophene rings is 1. The van der Waals surface area contributed by atoms with Crippen molar-refractivity contribution in [1.82, 2.24) is 9.88 Å². The quantitative estimate of drug-likeness (QED) is 0.872. The highest BCUT2D eigenvalue weighted by atomic mass is 32.1. The van der Waals surface area contributed by atoms with Crippen LogP contribution in [0.25, 0.3) is 9.88 Å². The van der Waals surface area contributed by atoms with Gasteiger partial charge in [0, 0.05) is 19.0 Å². The molecule has 1 atom stereocenters. The molecule has 1 unspecified atom stereocenters. The van der Waals surface area contributed by atoms with Crippen molar-refractivity contribution in [3.05, 3.63) is 28.6 Å². The molecule has 0 aromatic carbocycles. The Kier molecular flexibility index (Phi) is 4.14. The molecular formula is C14H16N2O2S2. The van der Waals surface area contributed by atoms with E-state index in [0.717, 1.165) is 17.1 Å². The first kappa shape index (κ1) is 13.7. The Bertz CT molecular complexity index is 574. The molecule has 106 valence electrons. The van der Waals surface area contributed by atoms with E-state index >= 15 is 0 Å². The summed E-state index contributed by atoms with van der Waals surface area (Å²) in [4.78, 5) is 19.8. The number of thiazole rings is 1. The molecule has 20 heavy (non-hydrogen) atoms. The van der Waals surface area contributed by atoms with Gasteiger partial charge in [-0.1, -0.05) is 6.07 Å². The third kappa shape index (κ3) is 2.92. The molecule has 0 spiro atoms. The fourth-order valence-electron chi connectivity index (χ4n) is 2.25. The van der Waals surface area contributed by atoms with E-state index in [1.807, 2.05) is 23.9 Å². The van der Waals surface area contributed by atoms with Crippen LogP contribution in [0.2, 0.25) is 0 Å². The zero-order valence-corrected chi connectivity index (χ0v) is 12.9. The van der Waals surface area contributed by atoms with Crippen molar-refractivity contribution >= 4 is 28.6 Å². The molecule has 1 aliphatic heterocycles. The van der Waals surface area contributed by atoms with Gasteiger partial charge in [0.1, 0.15) is 5.01 Å². The van der Waals surface area contributed by atoms with E-state index in [2.05, 4.69) is 11.1 Å².